The number of ether oxygens (including phenoxy) is 1. The van der Waals surface area contributed by atoms with Crippen LogP contribution in [0, 0.1) is 0 Å². The number of carbonyl (C=O) groups is 1. The van der Waals surface area contributed by atoms with Gasteiger partial charge in [0.25, 0.3) is 0 Å². The quantitative estimate of drug-likeness (QED) is 0.342. The van der Waals surface area contributed by atoms with Crippen molar-refractivity contribution in [3.05, 3.63) is 40.0 Å². The van der Waals surface area contributed by atoms with Gasteiger partial charge in [0.15, 0.2) is 5.69 Å². The second-order valence-electron chi connectivity index (χ2n) is 3.36. The van der Waals surface area contributed by atoms with E-state index in [9.17, 15) is 15.0 Å². The molecule has 2 atom stereocenters. The van der Waals surface area contributed by atoms with Crippen molar-refractivity contribution in [1.29, 1.82) is 0 Å². The Kier molecular flexibility index (Phi) is 5.06. The Morgan fingerprint density at radius 2 is 2.39 bits per heavy atom. The Balaban J connectivity index is 3.01. The third-order valence-electron chi connectivity index (χ3n) is 2.23. The minimum absolute atomic E-state index is 0.0903. The van der Waals surface area contributed by atoms with Crippen LogP contribution in [0.15, 0.2) is 23.4 Å². The van der Waals surface area contributed by atoms with Gasteiger partial charge < -0.3 is 14.9 Å². The van der Waals surface area contributed by atoms with Crippen LogP contribution < -0.4 is 0 Å². The van der Waals surface area contributed by atoms with Crippen LogP contribution in [0.2, 0.25) is 0 Å². The van der Waals surface area contributed by atoms with E-state index in [4.69, 9.17) is 5.53 Å². The Hall–Kier alpha value is -2.15. The molecule has 18 heavy (non-hydrogen) atoms. The molecule has 0 aliphatic rings. The van der Waals surface area contributed by atoms with Gasteiger partial charge in [-0.15, -0.1) is 0 Å². The number of pyridine rings is 1. The smallest absolute Gasteiger partial charge is 0.357 e. The zero-order valence-electron chi connectivity index (χ0n) is 9.59. The van der Waals surface area contributed by atoms with Gasteiger partial charge in [0.1, 0.15) is 6.10 Å². The molecule has 2 unspecified atom stereocenters. The molecule has 0 fully saturated rings. The first-order chi connectivity index (χ1) is 8.61. The van der Waals surface area contributed by atoms with Crippen LogP contribution in [0.25, 0.3) is 10.4 Å². The molecular weight excluding hydrogens is 240 g/mol. The number of hydrogen-bond acceptors (Lipinski definition) is 6. The largest absolute Gasteiger partial charge is 0.464 e. The Bertz CT molecular complexity index is 473. The summed E-state index contributed by atoms with van der Waals surface area (Å²) in [5.41, 5.74) is 8.15. The Morgan fingerprint density at radius 3 is 3.00 bits per heavy atom. The lowest BCUT2D eigenvalue weighted by Crippen LogP contribution is -2.24. The maximum absolute atomic E-state index is 11.4. The molecule has 0 spiro atoms. The standard InChI is InChI=1S/C10H12N4O4/c1-18-10(17)8-6(3-2-4-12-8)9(16)7(15)5-13-14-11/h2-4,7,9,15-16H,5H2,1H3. The highest BCUT2D eigenvalue weighted by Gasteiger charge is 2.24. The molecule has 0 aliphatic carbocycles. The van der Waals surface area contributed by atoms with E-state index in [2.05, 4.69) is 19.7 Å². The van der Waals surface area contributed by atoms with Gasteiger partial charge in [-0.3, -0.25) is 0 Å². The van der Waals surface area contributed by atoms with E-state index < -0.39 is 18.2 Å². The lowest BCUT2D eigenvalue weighted by molar-refractivity contribution is 0.0225. The molecule has 1 rings (SSSR count). The van der Waals surface area contributed by atoms with E-state index in [-0.39, 0.29) is 17.8 Å². The van der Waals surface area contributed by atoms with Crippen molar-refractivity contribution in [3.63, 3.8) is 0 Å². The molecule has 0 saturated carbocycles. The molecule has 2 N–H and O–H groups in total. The third kappa shape index (κ3) is 3.17. The molecule has 0 aromatic carbocycles. The fraction of sp³-hybridized carbons (Fsp3) is 0.400. The predicted octanol–water partition coefficient (Wildman–Crippen LogP) is 0.573. The predicted molar refractivity (Wildman–Crippen MR) is 60.6 cm³/mol. The second-order valence-corrected chi connectivity index (χ2v) is 3.36. The van der Waals surface area contributed by atoms with Crippen LogP contribution in [0.3, 0.4) is 0 Å². The van der Waals surface area contributed by atoms with Gasteiger partial charge in [0, 0.05) is 16.7 Å². The summed E-state index contributed by atoms with van der Waals surface area (Å²) in [7, 11) is 1.18. The summed E-state index contributed by atoms with van der Waals surface area (Å²) in [6, 6.07) is 2.94. The minimum atomic E-state index is -1.39. The summed E-state index contributed by atoms with van der Waals surface area (Å²) in [5.74, 6) is -0.722. The van der Waals surface area contributed by atoms with E-state index in [1.54, 1.807) is 0 Å². The van der Waals surface area contributed by atoms with Crippen LogP contribution in [0.1, 0.15) is 22.2 Å². The van der Waals surface area contributed by atoms with Gasteiger partial charge in [0.05, 0.1) is 19.8 Å². The number of carbonyl (C=O) groups excluding carboxylic acids is 1. The molecule has 1 heterocycles. The fourth-order valence-corrected chi connectivity index (χ4v) is 1.35. The number of methoxy groups -OCH3 is 1. The number of hydrogen-bond donors (Lipinski definition) is 2. The molecule has 0 radical (unpaired) electrons. The summed E-state index contributed by atoms with van der Waals surface area (Å²) < 4.78 is 4.51. The fourth-order valence-electron chi connectivity index (χ4n) is 1.35. The summed E-state index contributed by atoms with van der Waals surface area (Å²) >= 11 is 0. The van der Waals surface area contributed by atoms with Gasteiger partial charge >= 0.3 is 5.97 Å². The van der Waals surface area contributed by atoms with Crippen LogP contribution in [-0.4, -0.2) is 40.9 Å². The zero-order chi connectivity index (χ0) is 13.5. The van der Waals surface area contributed by atoms with Gasteiger partial charge in [-0.25, -0.2) is 9.78 Å². The van der Waals surface area contributed by atoms with E-state index in [0.29, 0.717) is 0 Å². The lowest BCUT2D eigenvalue weighted by Gasteiger charge is -2.17. The highest BCUT2D eigenvalue weighted by Crippen LogP contribution is 2.20. The number of azide groups is 1. The highest BCUT2D eigenvalue weighted by atomic mass is 16.5. The van der Waals surface area contributed by atoms with E-state index >= 15 is 0 Å². The first-order valence-corrected chi connectivity index (χ1v) is 5.02. The van der Waals surface area contributed by atoms with Gasteiger partial charge in [-0.05, 0) is 11.6 Å². The third-order valence-corrected chi connectivity index (χ3v) is 2.23. The summed E-state index contributed by atoms with van der Waals surface area (Å²) in [6.45, 7) is -0.312. The number of aliphatic hydroxyl groups excluding tert-OH is 2. The Morgan fingerprint density at radius 1 is 1.67 bits per heavy atom. The van der Waals surface area contributed by atoms with Crippen molar-refractivity contribution in [2.24, 2.45) is 5.11 Å². The summed E-state index contributed by atoms with van der Waals surface area (Å²) in [5, 5.41) is 22.6. The molecule has 1 aromatic heterocycles. The molecule has 1 aromatic rings. The van der Waals surface area contributed by atoms with Crippen LogP contribution in [0.5, 0.6) is 0 Å². The first kappa shape index (κ1) is 13.9. The van der Waals surface area contributed by atoms with E-state index in [1.165, 1.54) is 25.4 Å². The van der Waals surface area contributed by atoms with E-state index in [0.717, 1.165) is 0 Å². The van der Waals surface area contributed by atoms with Gasteiger partial charge in [0.2, 0.25) is 0 Å². The van der Waals surface area contributed by atoms with Crippen LogP contribution in [-0.2, 0) is 4.74 Å². The van der Waals surface area contributed by atoms with Crippen LogP contribution >= 0.6 is 0 Å². The van der Waals surface area contributed by atoms with Crippen molar-refractivity contribution in [1.82, 2.24) is 4.98 Å². The Labute approximate surface area is 102 Å². The maximum Gasteiger partial charge on any atom is 0.357 e. The average molecular weight is 252 g/mol. The molecule has 96 valence electrons. The topological polar surface area (TPSA) is 128 Å². The summed E-state index contributed by atoms with van der Waals surface area (Å²) in [4.78, 5) is 17.7. The van der Waals surface area contributed by atoms with Crippen LogP contribution in [0.4, 0.5) is 0 Å². The van der Waals surface area contributed by atoms with Gasteiger partial charge in [-0.2, -0.15) is 0 Å². The van der Waals surface area contributed by atoms with Crippen molar-refractivity contribution >= 4 is 5.97 Å². The highest BCUT2D eigenvalue weighted by molar-refractivity contribution is 5.88. The number of esters is 1. The first-order valence-electron chi connectivity index (χ1n) is 5.02. The summed E-state index contributed by atoms with van der Waals surface area (Å²) in [6.07, 6.45) is -1.35. The average Bonchev–Trinajstić information content (AvgIpc) is 2.43. The monoisotopic (exact) mass is 252 g/mol. The van der Waals surface area contributed by atoms with Crippen molar-refractivity contribution < 1.29 is 19.7 Å². The van der Waals surface area contributed by atoms with Crippen molar-refractivity contribution in [2.45, 2.75) is 12.2 Å². The number of rotatable bonds is 5. The maximum atomic E-state index is 11.4. The molecular formula is C10H12N4O4. The number of aromatic nitrogens is 1. The molecule has 0 saturated heterocycles. The number of aliphatic hydroxyl groups is 2. The molecule has 0 amide bonds. The van der Waals surface area contributed by atoms with Crippen molar-refractivity contribution in [3.8, 4) is 0 Å². The van der Waals surface area contributed by atoms with E-state index in [1.807, 2.05) is 0 Å². The second kappa shape index (κ2) is 6.55. The molecule has 0 bridgehead atoms. The minimum Gasteiger partial charge on any atom is -0.464 e. The molecule has 0 aliphatic heterocycles. The molecule has 8 heteroatoms. The zero-order valence-corrected chi connectivity index (χ0v) is 9.59. The normalized spacial score (nSPS) is 13.3. The lowest BCUT2D eigenvalue weighted by atomic mass is 10.0. The van der Waals surface area contributed by atoms with Gasteiger partial charge in [-0.1, -0.05) is 11.2 Å². The molecule has 8 nitrogen and oxygen atoms in total. The SMILES string of the molecule is COC(=O)c1ncccc1C(O)C(O)CN=[N+]=[N-]. The van der Waals surface area contributed by atoms with Crippen molar-refractivity contribution in [2.75, 3.05) is 13.7 Å². The number of nitrogens with zero attached hydrogens (tertiary/aromatic N) is 4.